The van der Waals surface area contributed by atoms with Gasteiger partial charge in [0.05, 0.1) is 53.4 Å². The third-order valence-electron chi connectivity index (χ3n) is 7.73. The first-order valence-corrected chi connectivity index (χ1v) is 14.5. The van der Waals surface area contributed by atoms with E-state index < -0.39 is 17.5 Å². The highest BCUT2D eigenvalue weighted by Gasteiger charge is 2.36. The van der Waals surface area contributed by atoms with Crippen molar-refractivity contribution in [1.82, 2.24) is 29.2 Å². The maximum absolute atomic E-state index is 15.1. The highest BCUT2D eigenvalue weighted by atomic mass is 35.5. The van der Waals surface area contributed by atoms with Crippen LogP contribution in [0.1, 0.15) is 44.4 Å². The zero-order chi connectivity index (χ0) is 30.6. The molecule has 1 aromatic carbocycles. The zero-order valence-corrected chi connectivity index (χ0v) is 25.4. The van der Waals surface area contributed by atoms with Crippen molar-refractivity contribution in [3.8, 4) is 11.3 Å². The molecular formula is C30H33ClFN7O4. The predicted molar refractivity (Wildman–Crippen MR) is 160 cm³/mol. The number of carbonyl (C=O) groups excluding carboxylic acids is 1. The molecule has 226 valence electrons. The second-order valence-electron chi connectivity index (χ2n) is 12.0. The molecule has 1 atom stereocenters. The summed E-state index contributed by atoms with van der Waals surface area (Å²) >= 11 is 6.01. The number of halogens is 2. The summed E-state index contributed by atoms with van der Waals surface area (Å²) in [5, 5.41) is 5.03. The van der Waals surface area contributed by atoms with Gasteiger partial charge in [0.2, 0.25) is 0 Å². The molecule has 0 saturated carbocycles. The Balaban J connectivity index is 1.26. The number of carbonyl (C=O) groups is 1. The molecule has 0 radical (unpaired) electrons. The summed E-state index contributed by atoms with van der Waals surface area (Å²) in [6.07, 6.45) is 2.98. The smallest absolute Gasteiger partial charge is 0.410 e. The topological polar surface area (TPSA) is 108 Å². The van der Waals surface area contributed by atoms with E-state index in [1.807, 2.05) is 31.6 Å². The van der Waals surface area contributed by atoms with Crippen LogP contribution in [0.3, 0.4) is 0 Å². The van der Waals surface area contributed by atoms with Gasteiger partial charge < -0.3 is 19.3 Å². The van der Waals surface area contributed by atoms with Crippen LogP contribution in [0.15, 0.2) is 41.5 Å². The van der Waals surface area contributed by atoms with Gasteiger partial charge in [-0.2, -0.15) is 5.10 Å². The Labute approximate surface area is 252 Å². The summed E-state index contributed by atoms with van der Waals surface area (Å²) in [6.45, 7) is 9.87. The van der Waals surface area contributed by atoms with E-state index in [2.05, 4.69) is 15.0 Å². The molecule has 2 fully saturated rings. The zero-order valence-electron chi connectivity index (χ0n) is 24.7. The lowest BCUT2D eigenvalue weighted by molar-refractivity contribution is -0.000404. The molecule has 0 unspecified atom stereocenters. The van der Waals surface area contributed by atoms with Crippen molar-refractivity contribution in [3.63, 3.8) is 0 Å². The van der Waals surface area contributed by atoms with E-state index in [-0.39, 0.29) is 39.4 Å². The maximum Gasteiger partial charge on any atom is 0.410 e. The number of fused-ring (bicyclic) bond motifs is 1. The van der Waals surface area contributed by atoms with Crippen LogP contribution in [0.2, 0.25) is 5.02 Å². The first-order valence-electron chi connectivity index (χ1n) is 14.1. The van der Waals surface area contributed by atoms with E-state index in [0.717, 1.165) is 5.69 Å². The number of aryl methyl sites for hydroxylation is 1. The Bertz CT molecular complexity index is 1780. The van der Waals surface area contributed by atoms with Crippen LogP contribution in [0.5, 0.6) is 0 Å². The van der Waals surface area contributed by atoms with Crippen molar-refractivity contribution in [2.24, 2.45) is 7.05 Å². The Morgan fingerprint density at radius 2 is 1.93 bits per heavy atom. The van der Waals surface area contributed by atoms with Crippen LogP contribution >= 0.6 is 11.6 Å². The van der Waals surface area contributed by atoms with E-state index >= 15 is 4.39 Å². The molecule has 11 nitrogen and oxygen atoms in total. The monoisotopic (exact) mass is 609 g/mol. The van der Waals surface area contributed by atoms with Gasteiger partial charge in [-0.15, -0.1) is 0 Å². The Hall–Kier alpha value is -4.03. The van der Waals surface area contributed by atoms with Gasteiger partial charge in [-0.05, 0) is 52.0 Å². The molecule has 3 aromatic heterocycles. The number of nitrogens with zero attached hydrogens (tertiary/aromatic N) is 7. The molecule has 1 amide bonds. The van der Waals surface area contributed by atoms with Crippen LogP contribution in [-0.4, -0.2) is 73.7 Å². The van der Waals surface area contributed by atoms with Crippen LogP contribution < -0.4 is 10.5 Å². The predicted octanol–water partition coefficient (Wildman–Crippen LogP) is 4.66. The van der Waals surface area contributed by atoms with Gasteiger partial charge in [-0.25, -0.2) is 19.2 Å². The van der Waals surface area contributed by atoms with Crippen LogP contribution in [0, 0.1) is 12.7 Å². The summed E-state index contributed by atoms with van der Waals surface area (Å²) in [5.41, 5.74) is 1.38. The van der Waals surface area contributed by atoms with Crippen molar-refractivity contribution < 1.29 is 18.7 Å². The highest BCUT2D eigenvalue weighted by molar-refractivity contribution is 6.30. The minimum absolute atomic E-state index is 0.0639. The number of ether oxygens (including phenoxy) is 2. The van der Waals surface area contributed by atoms with Crippen molar-refractivity contribution in [2.75, 3.05) is 37.7 Å². The molecule has 5 heterocycles. The number of rotatable bonds is 4. The van der Waals surface area contributed by atoms with Gasteiger partial charge in [0.25, 0.3) is 5.56 Å². The molecule has 4 aromatic rings. The summed E-state index contributed by atoms with van der Waals surface area (Å²) < 4.78 is 30.0. The molecule has 43 heavy (non-hydrogen) atoms. The SMILES string of the molecule is Cc1nc2cc([C@@H]3CN(c4cnn(C5CN(C(=O)OC(C)(C)C)C5)c4)CCO3)nc(-c3ccc(Cl)cc3F)c2c(=O)n1C. The quantitative estimate of drug-likeness (QED) is 0.329. The Morgan fingerprint density at radius 3 is 2.65 bits per heavy atom. The van der Waals surface area contributed by atoms with E-state index in [4.69, 9.17) is 26.1 Å². The van der Waals surface area contributed by atoms with Gasteiger partial charge in [0.1, 0.15) is 23.3 Å². The molecule has 0 spiro atoms. The summed E-state index contributed by atoms with van der Waals surface area (Å²) in [5.74, 6) is -0.0575. The number of morpholine rings is 1. The maximum atomic E-state index is 15.1. The molecule has 0 bridgehead atoms. The number of aromatic nitrogens is 5. The molecule has 6 rings (SSSR count). The highest BCUT2D eigenvalue weighted by Crippen LogP contribution is 2.33. The lowest BCUT2D eigenvalue weighted by atomic mass is 10.0. The fraction of sp³-hybridized carbons (Fsp3) is 0.433. The lowest BCUT2D eigenvalue weighted by Crippen LogP contribution is -2.52. The number of benzene rings is 1. The first-order chi connectivity index (χ1) is 20.4. The minimum Gasteiger partial charge on any atom is -0.444 e. The van der Waals surface area contributed by atoms with Crippen molar-refractivity contribution >= 4 is 34.3 Å². The number of hydrogen-bond acceptors (Lipinski definition) is 8. The third-order valence-corrected chi connectivity index (χ3v) is 7.96. The van der Waals surface area contributed by atoms with E-state index in [0.29, 0.717) is 49.8 Å². The fourth-order valence-corrected chi connectivity index (χ4v) is 5.47. The van der Waals surface area contributed by atoms with Gasteiger partial charge in [-0.3, -0.25) is 14.0 Å². The van der Waals surface area contributed by atoms with Crippen LogP contribution in [0.25, 0.3) is 22.2 Å². The second kappa shape index (κ2) is 10.9. The normalized spacial score (nSPS) is 17.8. The second-order valence-corrected chi connectivity index (χ2v) is 12.4. The summed E-state index contributed by atoms with van der Waals surface area (Å²) in [4.78, 5) is 38.9. The fourth-order valence-electron chi connectivity index (χ4n) is 5.31. The molecule has 0 aliphatic carbocycles. The molecular weight excluding hydrogens is 577 g/mol. The van der Waals surface area contributed by atoms with Gasteiger partial charge in [0, 0.05) is 43.5 Å². The molecule has 2 aliphatic rings. The first kappa shape index (κ1) is 29.1. The molecule has 0 N–H and O–H groups in total. The van der Waals surface area contributed by atoms with E-state index in [1.54, 1.807) is 37.2 Å². The lowest BCUT2D eigenvalue weighted by Gasteiger charge is -2.39. The largest absolute Gasteiger partial charge is 0.444 e. The molecule has 13 heteroatoms. The minimum atomic E-state index is -0.582. The number of anilines is 1. The number of likely N-dealkylation sites (tertiary alicyclic amines) is 1. The molecule has 2 saturated heterocycles. The summed E-state index contributed by atoms with van der Waals surface area (Å²) in [6, 6.07) is 6.11. The van der Waals surface area contributed by atoms with Crippen molar-refractivity contribution in [1.29, 1.82) is 0 Å². The van der Waals surface area contributed by atoms with Gasteiger partial charge >= 0.3 is 6.09 Å². The number of hydrogen-bond donors (Lipinski definition) is 0. The number of pyridine rings is 1. The summed E-state index contributed by atoms with van der Waals surface area (Å²) in [7, 11) is 1.63. The Kier molecular flexibility index (Phi) is 7.37. The average molecular weight is 610 g/mol. The van der Waals surface area contributed by atoms with Crippen molar-refractivity contribution in [3.05, 3.63) is 69.4 Å². The Morgan fingerprint density at radius 1 is 1.16 bits per heavy atom. The molecule has 2 aliphatic heterocycles. The van der Waals surface area contributed by atoms with Crippen molar-refractivity contribution in [2.45, 2.75) is 45.4 Å². The van der Waals surface area contributed by atoms with Gasteiger partial charge in [-0.1, -0.05) is 11.6 Å². The van der Waals surface area contributed by atoms with E-state index in [9.17, 15) is 9.59 Å². The number of amides is 1. The van der Waals surface area contributed by atoms with Gasteiger partial charge in [0.15, 0.2) is 0 Å². The van der Waals surface area contributed by atoms with Crippen LogP contribution in [0.4, 0.5) is 14.9 Å². The average Bonchev–Trinajstić information content (AvgIpc) is 3.39. The standard InChI is InChI=1S/C30H33ClFN7O4/c1-17-34-24-11-23(35-27(26(24)28(40)36(17)5)21-7-6-18(31)10-22(21)32)25-16-37(8-9-42-25)19-12-33-39(15-19)20-13-38(14-20)29(41)43-30(2,3)4/h6-7,10-12,15,20,25H,8-9,13-14,16H2,1-5H3/t25-/m0/s1. The van der Waals surface area contributed by atoms with Crippen LogP contribution in [-0.2, 0) is 16.5 Å². The van der Waals surface area contributed by atoms with E-state index in [1.165, 1.54) is 16.7 Å². The third kappa shape index (κ3) is 5.68.